The van der Waals surface area contributed by atoms with Crippen LogP contribution in [0, 0.1) is 11.3 Å². The lowest BCUT2D eigenvalue weighted by Gasteiger charge is -2.37. The van der Waals surface area contributed by atoms with Gasteiger partial charge in [0.15, 0.2) is 0 Å². The molecule has 0 aromatic heterocycles. The molecule has 0 aliphatic carbocycles. The summed E-state index contributed by atoms with van der Waals surface area (Å²) in [5.74, 6) is 0.914. The molecule has 0 saturated carbocycles. The molecule has 0 aromatic rings. The Hall–Kier alpha value is -0.570. The van der Waals surface area contributed by atoms with Crippen LogP contribution in [-0.2, 0) is 4.79 Å². The molecule has 1 heterocycles. The van der Waals surface area contributed by atoms with Gasteiger partial charge in [-0.05, 0) is 25.8 Å². The fraction of sp³-hybridized carbons (Fsp3) is 0.929. The zero-order valence-corrected chi connectivity index (χ0v) is 12.0. The Bertz CT molecular complexity index is 257. The standard InChI is InChI=1S/C14H28N2O/c1-6-7-11-8-12(10-16(5)9-11)15-13(17)14(2,3)4/h11-12H,6-10H2,1-5H3,(H,15,17). The highest BCUT2D eigenvalue weighted by atomic mass is 16.2. The van der Waals surface area contributed by atoms with Gasteiger partial charge < -0.3 is 10.2 Å². The second-order valence-electron chi connectivity index (χ2n) is 6.53. The Morgan fingerprint density at radius 1 is 1.35 bits per heavy atom. The smallest absolute Gasteiger partial charge is 0.225 e. The molecule has 0 radical (unpaired) electrons. The third-order valence-corrected chi connectivity index (χ3v) is 3.43. The molecule has 1 amide bonds. The summed E-state index contributed by atoms with van der Waals surface area (Å²) >= 11 is 0. The number of amides is 1. The number of likely N-dealkylation sites (N-methyl/N-ethyl adjacent to an activating group) is 1. The lowest BCUT2D eigenvalue weighted by Crippen LogP contribution is -2.51. The number of hydrogen-bond acceptors (Lipinski definition) is 2. The molecule has 1 N–H and O–H groups in total. The zero-order chi connectivity index (χ0) is 13.1. The molecule has 1 saturated heterocycles. The van der Waals surface area contributed by atoms with Crippen LogP contribution in [0.15, 0.2) is 0 Å². The summed E-state index contributed by atoms with van der Waals surface area (Å²) in [5, 5.41) is 3.20. The third-order valence-electron chi connectivity index (χ3n) is 3.43. The molecule has 1 rings (SSSR count). The highest BCUT2D eigenvalue weighted by molar-refractivity contribution is 5.81. The minimum atomic E-state index is -0.281. The van der Waals surface area contributed by atoms with E-state index in [2.05, 4.69) is 24.2 Å². The maximum Gasteiger partial charge on any atom is 0.225 e. The molecular weight excluding hydrogens is 212 g/mol. The number of nitrogens with one attached hydrogen (secondary N) is 1. The number of nitrogens with zero attached hydrogens (tertiary/aromatic N) is 1. The predicted molar refractivity (Wildman–Crippen MR) is 71.9 cm³/mol. The van der Waals surface area contributed by atoms with Crippen molar-refractivity contribution in [2.75, 3.05) is 20.1 Å². The molecule has 1 fully saturated rings. The van der Waals surface area contributed by atoms with Gasteiger partial charge in [-0.2, -0.15) is 0 Å². The van der Waals surface area contributed by atoms with Crippen molar-refractivity contribution in [3.63, 3.8) is 0 Å². The van der Waals surface area contributed by atoms with E-state index in [-0.39, 0.29) is 11.3 Å². The molecule has 3 nitrogen and oxygen atoms in total. The molecule has 2 unspecified atom stereocenters. The van der Waals surface area contributed by atoms with Crippen LogP contribution in [0.5, 0.6) is 0 Å². The van der Waals surface area contributed by atoms with E-state index in [1.807, 2.05) is 20.8 Å². The minimum Gasteiger partial charge on any atom is -0.352 e. The second kappa shape index (κ2) is 5.85. The second-order valence-corrected chi connectivity index (χ2v) is 6.53. The van der Waals surface area contributed by atoms with Crippen molar-refractivity contribution in [1.82, 2.24) is 10.2 Å². The van der Waals surface area contributed by atoms with Crippen molar-refractivity contribution >= 4 is 5.91 Å². The minimum absolute atomic E-state index is 0.174. The van der Waals surface area contributed by atoms with Crippen molar-refractivity contribution in [2.45, 2.75) is 53.0 Å². The van der Waals surface area contributed by atoms with Crippen molar-refractivity contribution in [1.29, 1.82) is 0 Å². The first kappa shape index (κ1) is 14.5. The van der Waals surface area contributed by atoms with E-state index < -0.39 is 0 Å². The Balaban J connectivity index is 2.50. The molecule has 0 bridgehead atoms. The summed E-state index contributed by atoms with van der Waals surface area (Å²) < 4.78 is 0. The van der Waals surface area contributed by atoms with Crippen LogP contribution in [0.1, 0.15) is 47.0 Å². The molecule has 100 valence electrons. The van der Waals surface area contributed by atoms with E-state index in [9.17, 15) is 4.79 Å². The van der Waals surface area contributed by atoms with Gasteiger partial charge in [0, 0.05) is 24.5 Å². The predicted octanol–water partition coefficient (Wildman–Crippen LogP) is 2.27. The largest absolute Gasteiger partial charge is 0.352 e. The summed E-state index contributed by atoms with van der Waals surface area (Å²) in [6.07, 6.45) is 3.64. The first-order valence-electron chi connectivity index (χ1n) is 6.82. The summed E-state index contributed by atoms with van der Waals surface area (Å²) in [5.41, 5.74) is -0.281. The molecule has 2 atom stereocenters. The van der Waals surface area contributed by atoms with E-state index in [4.69, 9.17) is 0 Å². The molecule has 0 spiro atoms. The van der Waals surface area contributed by atoms with Gasteiger partial charge in [0.2, 0.25) is 5.91 Å². The lowest BCUT2D eigenvalue weighted by molar-refractivity contribution is -0.129. The van der Waals surface area contributed by atoms with Gasteiger partial charge in [-0.3, -0.25) is 4.79 Å². The normalized spacial score (nSPS) is 26.9. The highest BCUT2D eigenvalue weighted by Crippen LogP contribution is 2.21. The number of piperidine rings is 1. The van der Waals surface area contributed by atoms with Gasteiger partial charge in [0.05, 0.1) is 0 Å². The average Bonchev–Trinajstić information content (AvgIpc) is 2.15. The van der Waals surface area contributed by atoms with E-state index in [1.54, 1.807) is 0 Å². The molecular formula is C14H28N2O. The topological polar surface area (TPSA) is 32.3 Å². The number of hydrogen-bond donors (Lipinski definition) is 1. The highest BCUT2D eigenvalue weighted by Gasteiger charge is 2.29. The monoisotopic (exact) mass is 240 g/mol. The number of carbonyl (C=O) groups is 1. The zero-order valence-electron chi connectivity index (χ0n) is 12.0. The molecule has 1 aliphatic heterocycles. The van der Waals surface area contributed by atoms with Gasteiger partial charge in [-0.15, -0.1) is 0 Å². The van der Waals surface area contributed by atoms with E-state index in [0.717, 1.165) is 18.9 Å². The van der Waals surface area contributed by atoms with Crippen LogP contribution in [0.3, 0.4) is 0 Å². The van der Waals surface area contributed by atoms with Gasteiger partial charge >= 0.3 is 0 Å². The number of carbonyl (C=O) groups excluding carboxylic acids is 1. The summed E-state index contributed by atoms with van der Waals surface area (Å²) in [6.45, 7) is 10.3. The summed E-state index contributed by atoms with van der Waals surface area (Å²) in [4.78, 5) is 14.3. The van der Waals surface area contributed by atoms with Crippen molar-refractivity contribution in [3.8, 4) is 0 Å². The van der Waals surface area contributed by atoms with Crippen molar-refractivity contribution in [2.24, 2.45) is 11.3 Å². The van der Waals surface area contributed by atoms with Crippen LogP contribution in [0.25, 0.3) is 0 Å². The number of likely N-dealkylation sites (tertiary alicyclic amines) is 1. The number of rotatable bonds is 3. The van der Waals surface area contributed by atoms with Crippen molar-refractivity contribution in [3.05, 3.63) is 0 Å². The Morgan fingerprint density at radius 3 is 2.53 bits per heavy atom. The molecule has 3 heteroatoms. The first-order valence-corrected chi connectivity index (χ1v) is 6.82. The summed E-state index contributed by atoms with van der Waals surface area (Å²) in [6, 6.07) is 0.331. The Morgan fingerprint density at radius 2 is 2.00 bits per heavy atom. The lowest BCUT2D eigenvalue weighted by atomic mass is 9.89. The third kappa shape index (κ3) is 4.66. The first-order chi connectivity index (χ1) is 7.82. The molecule has 1 aliphatic rings. The SMILES string of the molecule is CCCC1CC(NC(=O)C(C)(C)C)CN(C)C1. The van der Waals surface area contributed by atoms with Crippen LogP contribution in [0.2, 0.25) is 0 Å². The average molecular weight is 240 g/mol. The Kier molecular flexibility index (Phi) is 4.99. The quantitative estimate of drug-likeness (QED) is 0.821. The molecule has 0 aromatic carbocycles. The summed E-state index contributed by atoms with van der Waals surface area (Å²) in [7, 11) is 2.15. The fourth-order valence-electron chi connectivity index (χ4n) is 2.57. The van der Waals surface area contributed by atoms with E-state index >= 15 is 0 Å². The Labute approximate surface area is 106 Å². The van der Waals surface area contributed by atoms with Crippen LogP contribution in [0.4, 0.5) is 0 Å². The van der Waals surface area contributed by atoms with Gasteiger partial charge in [0.25, 0.3) is 0 Å². The van der Waals surface area contributed by atoms with Crippen LogP contribution in [-0.4, -0.2) is 37.0 Å². The van der Waals surface area contributed by atoms with E-state index in [1.165, 1.54) is 19.4 Å². The fourth-order valence-corrected chi connectivity index (χ4v) is 2.57. The molecule has 17 heavy (non-hydrogen) atoms. The van der Waals surface area contributed by atoms with E-state index in [0.29, 0.717) is 6.04 Å². The van der Waals surface area contributed by atoms with Gasteiger partial charge in [-0.1, -0.05) is 34.1 Å². The maximum atomic E-state index is 12.0. The maximum absolute atomic E-state index is 12.0. The van der Waals surface area contributed by atoms with Crippen LogP contribution >= 0.6 is 0 Å². The van der Waals surface area contributed by atoms with Gasteiger partial charge in [0.1, 0.15) is 0 Å². The van der Waals surface area contributed by atoms with Gasteiger partial charge in [-0.25, -0.2) is 0 Å². The van der Waals surface area contributed by atoms with Crippen LogP contribution < -0.4 is 5.32 Å². The van der Waals surface area contributed by atoms with Crippen molar-refractivity contribution < 1.29 is 4.79 Å².